The molecule has 222 valence electrons. The molecular formula is C37H36N4O2S. The predicted molar refractivity (Wildman–Crippen MR) is 175 cm³/mol. The largest absolute Gasteiger partial charge is 0.354 e. The highest BCUT2D eigenvalue weighted by molar-refractivity contribution is 7.99. The molecule has 0 bridgehead atoms. The lowest BCUT2D eigenvalue weighted by Crippen LogP contribution is -2.49. The van der Waals surface area contributed by atoms with E-state index in [1.807, 2.05) is 60.7 Å². The Hall–Kier alpha value is -4.20. The van der Waals surface area contributed by atoms with E-state index in [-0.39, 0.29) is 18.2 Å². The number of carbonyl (C=O) groups excluding carboxylic acids is 2. The van der Waals surface area contributed by atoms with Gasteiger partial charge >= 0.3 is 0 Å². The van der Waals surface area contributed by atoms with Gasteiger partial charge in [-0.25, -0.2) is 4.99 Å². The molecule has 44 heavy (non-hydrogen) atoms. The van der Waals surface area contributed by atoms with E-state index in [4.69, 9.17) is 4.99 Å². The molecule has 0 atom stereocenters. The zero-order valence-corrected chi connectivity index (χ0v) is 25.6. The number of carbonyl (C=O) groups is 2. The summed E-state index contributed by atoms with van der Waals surface area (Å²) >= 11 is 1.79. The van der Waals surface area contributed by atoms with E-state index in [0.29, 0.717) is 6.54 Å². The molecule has 3 aliphatic heterocycles. The van der Waals surface area contributed by atoms with Crippen LogP contribution >= 0.6 is 11.8 Å². The first-order valence-corrected chi connectivity index (χ1v) is 16.3. The Labute approximate surface area is 263 Å². The third kappa shape index (κ3) is 5.35. The van der Waals surface area contributed by atoms with Crippen molar-refractivity contribution >= 4 is 35.1 Å². The maximum Gasteiger partial charge on any atom is 0.244 e. The predicted octanol–water partition coefficient (Wildman–Crippen LogP) is 6.37. The van der Waals surface area contributed by atoms with Crippen LogP contribution < -0.4 is 0 Å². The van der Waals surface area contributed by atoms with Gasteiger partial charge in [0.15, 0.2) is 0 Å². The molecule has 2 saturated heterocycles. The number of aliphatic imine (C=N–C) groups is 1. The average molecular weight is 601 g/mol. The van der Waals surface area contributed by atoms with Crippen LogP contribution in [0.15, 0.2) is 124 Å². The third-order valence-electron chi connectivity index (χ3n) is 9.08. The van der Waals surface area contributed by atoms with Gasteiger partial charge in [-0.3, -0.25) is 19.4 Å². The van der Waals surface area contributed by atoms with E-state index in [1.54, 1.807) is 11.8 Å². The number of hydrogen-bond donors (Lipinski definition) is 0. The van der Waals surface area contributed by atoms with Crippen LogP contribution in [0.3, 0.4) is 0 Å². The summed E-state index contributed by atoms with van der Waals surface area (Å²) in [6.45, 7) is 5.17. The first-order valence-electron chi connectivity index (χ1n) is 15.5. The standard InChI is InChI=1S/C37H36N4O2S/c42-34-27-37(28-13-3-1-4-14-28,29-15-5-2-6-16-29)36(43)41(34)22-12-11-21-39-23-25-40(26-24-39)35-30-17-7-9-19-32(30)44-33-20-10-8-18-31(33)38-35/h1-10,13-20H,11-12,21-27H2. The average Bonchev–Trinajstić information content (AvgIpc) is 3.22. The number of rotatable bonds is 7. The molecule has 0 N–H and O–H groups in total. The van der Waals surface area contributed by atoms with Crippen LogP contribution in [0, 0.1) is 0 Å². The Kier molecular flexibility index (Phi) is 8.07. The molecule has 4 aromatic carbocycles. The van der Waals surface area contributed by atoms with E-state index in [2.05, 4.69) is 58.3 Å². The zero-order chi connectivity index (χ0) is 29.9. The smallest absolute Gasteiger partial charge is 0.244 e. The topological polar surface area (TPSA) is 56.2 Å². The second-order valence-corrected chi connectivity index (χ2v) is 12.8. The minimum absolute atomic E-state index is 0.0829. The summed E-state index contributed by atoms with van der Waals surface area (Å²) in [6, 6.07) is 36.5. The van der Waals surface area contributed by atoms with E-state index < -0.39 is 5.41 Å². The summed E-state index contributed by atoms with van der Waals surface area (Å²) < 4.78 is 0. The number of amidine groups is 1. The minimum atomic E-state index is -0.950. The molecule has 0 spiro atoms. The zero-order valence-electron chi connectivity index (χ0n) is 24.8. The number of imide groups is 1. The molecule has 4 aromatic rings. The maximum absolute atomic E-state index is 14.0. The number of amides is 2. The monoisotopic (exact) mass is 600 g/mol. The van der Waals surface area contributed by atoms with Crippen molar-refractivity contribution in [1.82, 2.24) is 14.7 Å². The van der Waals surface area contributed by atoms with Gasteiger partial charge in [0.2, 0.25) is 11.8 Å². The van der Waals surface area contributed by atoms with Crippen molar-refractivity contribution in [2.75, 3.05) is 39.3 Å². The van der Waals surface area contributed by atoms with Gasteiger partial charge in [0.25, 0.3) is 0 Å². The fourth-order valence-corrected chi connectivity index (χ4v) is 7.75. The van der Waals surface area contributed by atoms with E-state index in [0.717, 1.165) is 68.2 Å². The van der Waals surface area contributed by atoms with Crippen molar-refractivity contribution in [2.45, 2.75) is 34.5 Å². The number of hydrogen-bond acceptors (Lipinski definition) is 6. The first kappa shape index (κ1) is 28.6. The third-order valence-corrected chi connectivity index (χ3v) is 10.2. The first-order chi connectivity index (χ1) is 21.6. The lowest BCUT2D eigenvalue weighted by Gasteiger charge is -2.36. The van der Waals surface area contributed by atoms with Crippen molar-refractivity contribution in [3.63, 3.8) is 0 Å². The van der Waals surface area contributed by atoms with Crippen molar-refractivity contribution in [3.8, 4) is 0 Å². The molecule has 0 saturated carbocycles. The Morgan fingerprint density at radius 2 is 1.25 bits per heavy atom. The van der Waals surface area contributed by atoms with Crippen LogP contribution in [0.2, 0.25) is 0 Å². The molecule has 0 radical (unpaired) electrons. The highest BCUT2D eigenvalue weighted by atomic mass is 32.2. The second-order valence-electron chi connectivity index (χ2n) is 11.7. The van der Waals surface area contributed by atoms with Crippen molar-refractivity contribution < 1.29 is 9.59 Å². The van der Waals surface area contributed by atoms with E-state index in [9.17, 15) is 9.59 Å². The van der Waals surface area contributed by atoms with Gasteiger partial charge in [-0.2, -0.15) is 0 Å². The summed E-state index contributed by atoms with van der Waals surface area (Å²) in [5, 5.41) is 0. The summed E-state index contributed by atoms with van der Waals surface area (Å²) in [5.74, 6) is 0.877. The van der Waals surface area contributed by atoms with Crippen LogP contribution in [-0.4, -0.2) is 71.6 Å². The van der Waals surface area contributed by atoms with Gasteiger partial charge in [-0.05, 0) is 48.7 Å². The van der Waals surface area contributed by atoms with Gasteiger partial charge in [-0.15, -0.1) is 0 Å². The molecule has 7 heteroatoms. The molecule has 2 amide bonds. The summed E-state index contributed by atoms with van der Waals surface area (Å²) in [4.78, 5) is 41.3. The van der Waals surface area contributed by atoms with Gasteiger partial charge in [0, 0.05) is 54.5 Å². The SMILES string of the molecule is O=C1CC(c2ccccc2)(c2ccccc2)C(=O)N1CCCCN1CCN(C2=Nc3ccccc3Sc3ccccc32)CC1. The van der Waals surface area contributed by atoms with Gasteiger partial charge < -0.3 is 4.90 Å². The number of para-hydroxylation sites is 1. The molecule has 3 heterocycles. The minimum Gasteiger partial charge on any atom is -0.354 e. The van der Waals surface area contributed by atoms with Crippen molar-refractivity contribution in [2.24, 2.45) is 4.99 Å². The summed E-state index contributed by atoms with van der Waals surface area (Å²) in [6.07, 6.45) is 1.91. The van der Waals surface area contributed by atoms with Crippen LogP contribution in [0.5, 0.6) is 0 Å². The van der Waals surface area contributed by atoms with Crippen LogP contribution in [0.4, 0.5) is 5.69 Å². The van der Waals surface area contributed by atoms with Crippen molar-refractivity contribution in [3.05, 3.63) is 126 Å². The second kappa shape index (κ2) is 12.4. The van der Waals surface area contributed by atoms with Crippen LogP contribution in [0.1, 0.15) is 36.0 Å². The number of piperazine rings is 1. The molecular weight excluding hydrogens is 565 g/mol. The molecule has 0 unspecified atom stereocenters. The normalized spacial score (nSPS) is 18.0. The summed E-state index contributed by atoms with van der Waals surface area (Å²) in [5.41, 5.74) is 3.04. The number of fused-ring (bicyclic) bond motifs is 2. The highest BCUT2D eigenvalue weighted by Gasteiger charge is 2.53. The molecule has 0 aromatic heterocycles. The highest BCUT2D eigenvalue weighted by Crippen LogP contribution is 2.43. The molecule has 3 aliphatic rings. The van der Waals surface area contributed by atoms with Crippen molar-refractivity contribution in [1.29, 1.82) is 0 Å². The lowest BCUT2D eigenvalue weighted by molar-refractivity contribution is -0.139. The Bertz CT molecular complexity index is 1640. The summed E-state index contributed by atoms with van der Waals surface area (Å²) in [7, 11) is 0. The number of benzene rings is 4. The fourth-order valence-electron chi connectivity index (χ4n) is 6.73. The van der Waals surface area contributed by atoms with E-state index in [1.165, 1.54) is 20.3 Å². The molecule has 0 aliphatic carbocycles. The van der Waals surface area contributed by atoms with Gasteiger partial charge in [0.1, 0.15) is 11.3 Å². The number of likely N-dealkylation sites (tertiary alicyclic amines) is 1. The lowest BCUT2D eigenvalue weighted by atomic mass is 9.73. The Balaban J connectivity index is 0.969. The van der Waals surface area contributed by atoms with Crippen LogP contribution in [-0.2, 0) is 15.0 Å². The quantitative estimate of drug-likeness (QED) is 0.182. The Morgan fingerprint density at radius 3 is 1.95 bits per heavy atom. The Morgan fingerprint density at radius 1 is 0.659 bits per heavy atom. The molecule has 6 nitrogen and oxygen atoms in total. The van der Waals surface area contributed by atoms with Gasteiger partial charge in [0.05, 0.1) is 5.69 Å². The fraction of sp³-hybridized carbons (Fsp3) is 0.270. The number of unbranched alkanes of at least 4 members (excludes halogenated alkanes) is 1. The maximum atomic E-state index is 14.0. The van der Waals surface area contributed by atoms with Crippen LogP contribution in [0.25, 0.3) is 0 Å². The molecule has 2 fully saturated rings. The van der Waals surface area contributed by atoms with Gasteiger partial charge in [-0.1, -0.05) is 103 Å². The van der Waals surface area contributed by atoms with E-state index >= 15 is 0 Å². The number of nitrogens with zero attached hydrogens (tertiary/aromatic N) is 4. The molecule has 7 rings (SSSR count).